The lowest BCUT2D eigenvalue weighted by Gasteiger charge is -2.08. The molecule has 0 saturated carbocycles. The van der Waals surface area contributed by atoms with Gasteiger partial charge >= 0.3 is 5.69 Å². The van der Waals surface area contributed by atoms with Gasteiger partial charge in [-0.1, -0.05) is 29.3 Å². The van der Waals surface area contributed by atoms with Crippen molar-refractivity contribution in [2.45, 2.75) is 13.8 Å². The predicted octanol–water partition coefficient (Wildman–Crippen LogP) is 6.32. The lowest BCUT2D eigenvalue weighted by atomic mass is 10.1. The van der Waals surface area contributed by atoms with Gasteiger partial charge in [0.1, 0.15) is 5.75 Å². The van der Waals surface area contributed by atoms with Crippen LogP contribution in [0.2, 0.25) is 5.02 Å². The minimum Gasteiger partial charge on any atom is -0.449 e. The first-order chi connectivity index (χ1) is 14.2. The van der Waals surface area contributed by atoms with Crippen molar-refractivity contribution in [2.24, 2.45) is 4.99 Å². The highest BCUT2D eigenvalue weighted by molar-refractivity contribution is 6.32. The van der Waals surface area contributed by atoms with E-state index in [1.807, 2.05) is 32.0 Å². The molecule has 0 aliphatic rings. The summed E-state index contributed by atoms with van der Waals surface area (Å²) in [4.78, 5) is 25.1. The van der Waals surface area contributed by atoms with E-state index in [1.54, 1.807) is 24.4 Å². The fourth-order valence-corrected chi connectivity index (χ4v) is 2.97. The van der Waals surface area contributed by atoms with E-state index in [9.17, 15) is 20.2 Å². The highest BCUT2D eigenvalue weighted by Crippen LogP contribution is 2.37. The van der Waals surface area contributed by atoms with Crippen molar-refractivity contribution in [1.29, 1.82) is 0 Å². The Morgan fingerprint density at radius 1 is 0.933 bits per heavy atom. The van der Waals surface area contributed by atoms with Crippen LogP contribution in [0.4, 0.5) is 17.1 Å². The summed E-state index contributed by atoms with van der Waals surface area (Å²) in [6.07, 6.45) is 1.65. The molecule has 3 aromatic carbocycles. The number of rotatable bonds is 6. The number of ether oxygens (including phenoxy) is 1. The molecular formula is C21H16ClN3O5. The normalized spacial score (nSPS) is 10.9. The molecular weight excluding hydrogens is 410 g/mol. The van der Waals surface area contributed by atoms with E-state index in [0.717, 1.165) is 28.9 Å². The molecule has 0 fully saturated rings. The number of benzene rings is 3. The lowest BCUT2D eigenvalue weighted by molar-refractivity contribution is -0.394. The van der Waals surface area contributed by atoms with Crippen molar-refractivity contribution in [3.8, 4) is 11.5 Å². The molecule has 9 heteroatoms. The number of nitrogens with zero attached hydrogens (tertiary/aromatic N) is 3. The topological polar surface area (TPSA) is 108 Å². The average molecular weight is 426 g/mol. The van der Waals surface area contributed by atoms with Gasteiger partial charge in [-0.05, 0) is 55.3 Å². The largest absolute Gasteiger partial charge is 0.449 e. The molecule has 3 aromatic rings. The first kappa shape index (κ1) is 20.9. The van der Waals surface area contributed by atoms with Crippen molar-refractivity contribution in [3.63, 3.8) is 0 Å². The number of aliphatic imine (C=N–C) groups is 1. The first-order valence-corrected chi connectivity index (χ1v) is 9.14. The number of nitro groups is 2. The van der Waals surface area contributed by atoms with Gasteiger partial charge in [0.15, 0.2) is 0 Å². The summed E-state index contributed by atoms with van der Waals surface area (Å²) < 4.78 is 5.55. The quantitative estimate of drug-likeness (QED) is 0.261. The maximum absolute atomic E-state index is 11.2. The summed E-state index contributed by atoms with van der Waals surface area (Å²) in [7, 11) is 0. The van der Waals surface area contributed by atoms with Crippen LogP contribution in [0.5, 0.6) is 11.5 Å². The number of hydrogen-bond acceptors (Lipinski definition) is 6. The Labute approximate surface area is 176 Å². The molecule has 0 heterocycles. The molecule has 0 atom stereocenters. The zero-order valence-corrected chi connectivity index (χ0v) is 16.8. The second-order valence-electron chi connectivity index (χ2n) is 6.51. The van der Waals surface area contributed by atoms with Crippen LogP contribution >= 0.6 is 11.6 Å². The fourth-order valence-electron chi connectivity index (χ4n) is 2.74. The van der Waals surface area contributed by atoms with Crippen LogP contribution in [-0.4, -0.2) is 16.1 Å². The molecule has 3 rings (SSSR count). The summed E-state index contributed by atoms with van der Waals surface area (Å²) in [6, 6.07) is 13.9. The van der Waals surface area contributed by atoms with E-state index >= 15 is 0 Å². The smallest absolute Gasteiger partial charge is 0.318 e. The standard InChI is InChI=1S/C21H16ClN3O5/c1-13-3-6-18(14(2)9-13)23-12-15-4-7-20(17(22)10-15)30-21-8-5-16(24(26)27)11-19(21)25(28)29/h3-12H,1-2H3. The SMILES string of the molecule is Cc1ccc(N=Cc2ccc(Oc3ccc([N+](=O)[O-])cc3[N+](=O)[O-])c(Cl)c2)c(C)c1. The van der Waals surface area contributed by atoms with Gasteiger partial charge in [0, 0.05) is 12.3 Å². The van der Waals surface area contributed by atoms with Gasteiger partial charge in [0.05, 0.1) is 26.6 Å². The molecule has 0 aromatic heterocycles. The Kier molecular flexibility index (Phi) is 6.08. The first-order valence-electron chi connectivity index (χ1n) is 8.76. The van der Waals surface area contributed by atoms with Gasteiger partial charge in [0.2, 0.25) is 5.75 Å². The van der Waals surface area contributed by atoms with Crippen molar-refractivity contribution in [3.05, 3.63) is 96.5 Å². The summed E-state index contributed by atoms with van der Waals surface area (Å²) in [5.41, 5.74) is 2.81. The van der Waals surface area contributed by atoms with Crippen LogP contribution in [0.15, 0.2) is 59.6 Å². The van der Waals surface area contributed by atoms with E-state index in [0.29, 0.717) is 5.56 Å². The van der Waals surface area contributed by atoms with Crippen molar-refractivity contribution < 1.29 is 14.6 Å². The van der Waals surface area contributed by atoms with Gasteiger partial charge in [-0.3, -0.25) is 25.2 Å². The van der Waals surface area contributed by atoms with E-state index < -0.39 is 21.2 Å². The molecule has 0 aliphatic heterocycles. The Morgan fingerprint density at radius 3 is 2.30 bits per heavy atom. The third-order valence-corrected chi connectivity index (χ3v) is 4.53. The molecule has 0 radical (unpaired) electrons. The molecule has 0 bridgehead atoms. The fraction of sp³-hybridized carbons (Fsp3) is 0.0952. The number of aryl methyl sites for hydroxylation is 2. The molecule has 0 aliphatic carbocycles. The molecule has 30 heavy (non-hydrogen) atoms. The van der Waals surface area contributed by atoms with Crippen molar-refractivity contribution in [1.82, 2.24) is 0 Å². The van der Waals surface area contributed by atoms with Crippen LogP contribution in [-0.2, 0) is 0 Å². The predicted molar refractivity (Wildman–Crippen MR) is 114 cm³/mol. The molecule has 8 nitrogen and oxygen atoms in total. The minimum atomic E-state index is -0.749. The van der Waals surface area contributed by atoms with Crippen LogP contribution < -0.4 is 4.74 Å². The van der Waals surface area contributed by atoms with Crippen molar-refractivity contribution in [2.75, 3.05) is 0 Å². The number of nitro benzene ring substituents is 2. The third-order valence-electron chi connectivity index (χ3n) is 4.23. The maximum Gasteiger partial charge on any atom is 0.318 e. The Morgan fingerprint density at radius 2 is 1.67 bits per heavy atom. The van der Waals surface area contributed by atoms with Crippen LogP contribution in [0.25, 0.3) is 0 Å². The average Bonchev–Trinajstić information content (AvgIpc) is 2.69. The summed E-state index contributed by atoms with van der Waals surface area (Å²) in [5, 5.41) is 22.3. The number of non-ortho nitro benzene ring substituents is 1. The lowest BCUT2D eigenvalue weighted by Crippen LogP contribution is -1.96. The van der Waals surface area contributed by atoms with Gasteiger partial charge < -0.3 is 4.74 Å². The van der Waals surface area contributed by atoms with Gasteiger partial charge in [-0.15, -0.1) is 0 Å². The Hall–Kier alpha value is -3.78. The summed E-state index contributed by atoms with van der Waals surface area (Å²) in [5.74, 6) is 0.0292. The van der Waals surface area contributed by atoms with E-state index in [4.69, 9.17) is 16.3 Å². The molecule has 152 valence electrons. The maximum atomic E-state index is 11.2. The highest BCUT2D eigenvalue weighted by atomic mass is 35.5. The van der Waals surface area contributed by atoms with Gasteiger partial charge in [-0.2, -0.15) is 0 Å². The van der Waals surface area contributed by atoms with Gasteiger partial charge in [-0.25, -0.2) is 0 Å². The molecule has 0 saturated heterocycles. The van der Waals surface area contributed by atoms with Crippen LogP contribution in [0, 0.1) is 34.1 Å². The number of halogens is 1. The monoisotopic (exact) mass is 425 g/mol. The molecule has 0 N–H and O–H groups in total. The van der Waals surface area contributed by atoms with E-state index in [1.165, 1.54) is 6.07 Å². The van der Waals surface area contributed by atoms with Crippen molar-refractivity contribution >= 4 is 34.9 Å². The molecule has 0 unspecified atom stereocenters. The Bertz CT molecular complexity index is 1180. The molecule has 0 amide bonds. The second kappa shape index (κ2) is 8.71. The van der Waals surface area contributed by atoms with Crippen LogP contribution in [0.3, 0.4) is 0 Å². The second-order valence-corrected chi connectivity index (χ2v) is 6.91. The van der Waals surface area contributed by atoms with Gasteiger partial charge in [0.25, 0.3) is 5.69 Å². The minimum absolute atomic E-state index is 0.149. The third kappa shape index (κ3) is 4.79. The zero-order valence-electron chi connectivity index (χ0n) is 16.0. The summed E-state index contributed by atoms with van der Waals surface area (Å²) in [6.45, 7) is 3.98. The molecule has 0 spiro atoms. The number of hydrogen-bond donors (Lipinski definition) is 0. The Balaban J connectivity index is 1.85. The zero-order chi connectivity index (χ0) is 21.8. The van der Waals surface area contributed by atoms with Crippen LogP contribution in [0.1, 0.15) is 16.7 Å². The highest BCUT2D eigenvalue weighted by Gasteiger charge is 2.21. The van der Waals surface area contributed by atoms with E-state index in [2.05, 4.69) is 4.99 Å². The summed E-state index contributed by atoms with van der Waals surface area (Å²) >= 11 is 6.26. The van der Waals surface area contributed by atoms with E-state index in [-0.39, 0.29) is 16.5 Å².